The molecule has 1 unspecified atom stereocenters. The number of halogens is 1. The van der Waals surface area contributed by atoms with Gasteiger partial charge in [0.2, 0.25) is 0 Å². The highest BCUT2D eigenvalue weighted by Gasteiger charge is 2.17. The molecule has 0 heterocycles. The standard InChI is InChI=1S/C18H22N2O.ClH/c1-13(2)11-17(14-7-4-3-5-8-14)20-18(21)15-9-6-10-16(19)12-15;/h3-10,12-13,17H,11,19H2,1-2H3,(H,20,21);1H. The summed E-state index contributed by atoms with van der Waals surface area (Å²) in [6.07, 6.45) is 0.901. The quantitative estimate of drug-likeness (QED) is 0.811. The van der Waals surface area contributed by atoms with Gasteiger partial charge in [-0.1, -0.05) is 50.2 Å². The van der Waals surface area contributed by atoms with Gasteiger partial charge in [-0.05, 0) is 36.1 Å². The van der Waals surface area contributed by atoms with E-state index in [4.69, 9.17) is 5.73 Å². The normalized spacial score (nSPS) is 11.6. The lowest BCUT2D eigenvalue weighted by Gasteiger charge is -2.21. The van der Waals surface area contributed by atoms with Crippen LogP contribution < -0.4 is 11.1 Å². The molecule has 0 aromatic heterocycles. The summed E-state index contributed by atoms with van der Waals surface area (Å²) in [7, 11) is 0. The first-order valence-corrected chi connectivity index (χ1v) is 7.27. The molecule has 2 aromatic rings. The van der Waals surface area contributed by atoms with E-state index in [1.165, 1.54) is 0 Å². The van der Waals surface area contributed by atoms with E-state index in [1.54, 1.807) is 24.3 Å². The van der Waals surface area contributed by atoms with Crippen molar-refractivity contribution in [2.45, 2.75) is 26.3 Å². The molecule has 0 aliphatic heterocycles. The predicted molar refractivity (Wildman–Crippen MR) is 94.2 cm³/mol. The van der Waals surface area contributed by atoms with Gasteiger partial charge in [0, 0.05) is 11.3 Å². The SMILES string of the molecule is CC(C)CC(NC(=O)c1cccc(N)c1)c1ccccc1.Cl. The summed E-state index contributed by atoms with van der Waals surface area (Å²) >= 11 is 0. The smallest absolute Gasteiger partial charge is 0.251 e. The van der Waals surface area contributed by atoms with Crippen LogP contribution in [0.1, 0.15) is 42.2 Å². The number of carbonyl (C=O) groups excluding carboxylic acids is 1. The second-order valence-corrected chi connectivity index (χ2v) is 5.69. The number of nitrogens with one attached hydrogen (secondary N) is 1. The maximum atomic E-state index is 12.4. The molecule has 0 fully saturated rings. The van der Waals surface area contributed by atoms with Crippen molar-refractivity contribution in [1.82, 2.24) is 5.32 Å². The van der Waals surface area contributed by atoms with Crippen molar-refractivity contribution in [2.75, 3.05) is 5.73 Å². The minimum absolute atomic E-state index is 0. The summed E-state index contributed by atoms with van der Waals surface area (Å²) in [4.78, 5) is 12.4. The molecule has 2 aromatic carbocycles. The second kappa shape index (κ2) is 8.44. The van der Waals surface area contributed by atoms with Gasteiger partial charge in [0.15, 0.2) is 0 Å². The molecule has 118 valence electrons. The summed E-state index contributed by atoms with van der Waals surface area (Å²) in [6.45, 7) is 4.31. The van der Waals surface area contributed by atoms with Crippen molar-refractivity contribution < 1.29 is 4.79 Å². The van der Waals surface area contributed by atoms with Gasteiger partial charge in [-0.15, -0.1) is 12.4 Å². The Bertz CT molecular complexity index is 599. The monoisotopic (exact) mass is 318 g/mol. The molecule has 0 aliphatic rings. The maximum Gasteiger partial charge on any atom is 0.251 e. The highest BCUT2D eigenvalue weighted by atomic mass is 35.5. The Morgan fingerprint density at radius 2 is 1.77 bits per heavy atom. The van der Waals surface area contributed by atoms with Crippen LogP contribution in [0.15, 0.2) is 54.6 Å². The zero-order valence-corrected chi connectivity index (χ0v) is 13.8. The number of rotatable bonds is 5. The number of carbonyl (C=O) groups is 1. The van der Waals surface area contributed by atoms with Crippen LogP contribution in [0.5, 0.6) is 0 Å². The molecule has 22 heavy (non-hydrogen) atoms. The average Bonchev–Trinajstić information content (AvgIpc) is 2.47. The summed E-state index contributed by atoms with van der Waals surface area (Å²) < 4.78 is 0. The largest absolute Gasteiger partial charge is 0.399 e. The van der Waals surface area contributed by atoms with Gasteiger partial charge in [-0.25, -0.2) is 0 Å². The molecule has 3 N–H and O–H groups in total. The Balaban J connectivity index is 0.00000242. The lowest BCUT2D eigenvalue weighted by molar-refractivity contribution is 0.0932. The van der Waals surface area contributed by atoms with Crippen LogP contribution in [-0.2, 0) is 0 Å². The van der Waals surface area contributed by atoms with Gasteiger partial charge in [0.25, 0.3) is 5.91 Å². The fourth-order valence-corrected chi connectivity index (χ4v) is 2.36. The van der Waals surface area contributed by atoms with E-state index in [1.807, 2.05) is 30.3 Å². The number of nitrogen functional groups attached to an aromatic ring is 1. The number of anilines is 1. The molecule has 4 heteroatoms. The van der Waals surface area contributed by atoms with E-state index in [-0.39, 0.29) is 24.4 Å². The molecular formula is C18H23ClN2O. The zero-order chi connectivity index (χ0) is 15.2. The summed E-state index contributed by atoms with van der Waals surface area (Å²) in [5.74, 6) is 0.410. The fraction of sp³-hybridized carbons (Fsp3) is 0.278. The van der Waals surface area contributed by atoms with E-state index in [0.29, 0.717) is 17.2 Å². The Morgan fingerprint density at radius 1 is 1.09 bits per heavy atom. The number of nitrogens with two attached hydrogens (primary N) is 1. The Labute approximate surface area is 138 Å². The highest BCUT2D eigenvalue weighted by molar-refractivity contribution is 5.95. The summed E-state index contributed by atoms with van der Waals surface area (Å²) in [6, 6.07) is 17.1. The Morgan fingerprint density at radius 3 is 2.36 bits per heavy atom. The van der Waals surface area contributed by atoms with Crippen molar-refractivity contribution in [2.24, 2.45) is 5.92 Å². The van der Waals surface area contributed by atoms with Crippen LogP contribution in [0.3, 0.4) is 0 Å². The van der Waals surface area contributed by atoms with Gasteiger partial charge in [-0.3, -0.25) is 4.79 Å². The fourth-order valence-electron chi connectivity index (χ4n) is 2.36. The van der Waals surface area contributed by atoms with E-state index < -0.39 is 0 Å². The first-order valence-electron chi connectivity index (χ1n) is 7.27. The molecule has 1 atom stereocenters. The molecule has 3 nitrogen and oxygen atoms in total. The van der Waals surface area contributed by atoms with Crippen LogP contribution in [0.4, 0.5) is 5.69 Å². The molecule has 1 amide bonds. The van der Waals surface area contributed by atoms with Crippen molar-refractivity contribution in [3.05, 3.63) is 65.7 Å². The topological polar surface area (TPSA) is 55.1 Å². The Hall–Kier alpha value is -2.00. The minimum atomic E-state index is -0.0863. The first kappa shape index (κ1) is 18.1. The molecule has 0 radical (unpaired) electrons. The average molecular weight is 319 g/mol. The molecule has 0 saturated carbocycles. The third-order valence-electron chi connectivity index (χ3n) is 3.36. The third kappa shape index (κ3) is 5.08. The second-order valence-electron chi connectivity index (χ2n) is 5.69. The number of amides is 1. The molecule has 2 rings (SSSR count). The third-order valence-corrected chi connectivity index (χ3v) is 3.36. The zero-order valence-electron chi connectivity index (χ0n) is 13.0. The molecule has 0 spiro atoms. The van der Waals surface area contributed by atoms with Crippen LogP contribution in [0, 0.1) is 5.92 Å². The van der Waals surface area contributed by atoms with Crippen molar-refractivity contribution in [3.63, 3.8) is 0 Å². The lowest BCUT2D eigenvalue weighted by Crippen LogP contribution is -2.29. The van der Waals surface area contributed by atoms with Gasteiger partial charge in [0.05, 0.1) is 6.04 Å². The molecular weight excluding hydrogens is 296 g/mol. The minimum Gasteiger partial charge on any atom is -0.399 e. The Kier molecular flexibility index (Phi) is 6.93. The van der Waals surface area contributed by atoms with E-state index in [0.717, 1.165) is 12.0 Å². The number of benzene rings is 2. The lowest BCUT2D eigenvalue weighted by atomic mass is 9.96. The van der Waals surface area contributed by atoms with E-state index >= 15 is 0 Å². The van der Waals surface area contributed by atoms with E-state index in [9.17, 15) is 4.79 Å². The van der Waals surface area contributed by atoms with E-state index in [2.05, 4.69) is 19.2 Å². The van der Waals surface area contributed by atoms with Crippen molar-refractivity contribution in [3.8, 4) is 0 Å². The first-order chi connectivity index (χ1) is 10.1. The van der Waals surface area contributed by atoms with Crippen LogP contribution in [-0.4, -0.2) is 5.91 Å². The van der Waals surface area contributed by atoms with Gasteiger partial charge >= 0.3 is 0 Å². The van der Waals surface area contributed by atoms with Crippen LogP contribution >= 0.6 is 12.4 Å². The summed E-state index contributed by atoms with van der Waals surface area (Å²) in [5, 5.41) is 3.11. The van der Waals surface area contributed by atoms with Gasteiger partial charge in [0.1, 0.15) is 0 Å². The van der Waals surface area contributed by atoms with Gasteiger partial charge in [-0.2, -0.15) is 0 Å². The molecule has 0 saturated heterocycles. The van der Waals surface area contributed by atoms with Crippen molar-refractivity contribution in [1.29, 1.82) is 0 Å². The maximum absolute atomic E-state index is 12.4. The van der Waals surface area contributed by atoms with Crippen LogP contribution in [0.2, 0.25) is 0 Å². The van der Waals surface area contributed by atoms with Gasteiger partial charge < -0.3 is 11.1 Å². The predicted octanol–water partition coefficient (Wildman–Crippen LogP) is 4.21. The summed E-state index contributed by atoms with van der Waals surface area (Å²) in [5.41, 5.74) is 8.06. The molecule has 0 bridgehead atoms. The molecule has 0 aliphatic carbocycles. The van der Waals surface area contributed by atoms with Crippen molar-refractivity contribution >= 4 is 24.0 Å². The van der Waals surface area contributed by atoms with Crippen LogP contribution in [0.25, 0.3) is 0 Å². The highest BCUT2D eigenvalue weighted by Crippen LogP contribution is 2.21. The number of hydrogen-bond donors (Lipinski definition) is 2. The number of hydrogen-bond acceptors (Lipinski definition) is 2.